The zero-order chi connectivity index (χ0) is 51.6. The normalized spacial score (nSPS) is 17.6. The number of hydrogen-bond donors (Lipinski definition) is 3. The Morgan fingerprint density at radius 1 is 0.827 bits per heavy atom. The number of para-hydroxylation sites is 2. The number of carbonyl (C=O) groups is 5. The largest absolute Gasteiger partial charge is 0.494 e. The number of hydrogen-bond acceptors (Lipinski definition) is 13. The summed E-state index contributed by atoms with van der Waals surface area (Å²) >= 11 is 1.43. The third-order valence-electron chi connectivity index (χ3n) is 15.3. The molecule has 0 bridgehead atoms. The number of piperidine rings is 2. The molecule has 3 saturated heterocycles. The van der Waals surface area contributed by atoms with Gasteiger partial charge in [-0.3, -0.25) is 39.4 Å². The molecule has 17 nitrogen and oxygen atoms in total. The van der Waals surface area contributed by atoms with Crippen molar-refractivity contribution in [2.24, 2.45) is 13.0 Å². The number of amides is 4. The molecule has 75 heavy (non-hydrogen) atoms. The van der Waals surface area contributed by atoms with Gasteiger partial charge in [0, 0.05) is 63.7 Å². The number of carbonyl (C=O) groups excluding carboxylic acids is 4. The van der Waals surface area contributed by atoms with E-state index in [1.807, 2.05) is 100 Å². The number of carboxylic acid groups (broad SMARTS) is 1. The molecule has 4 aromatic carbocycles. The van der Waals surface area contributed by atoms with E-state index < -0.39 is 11.9 Å². The number of anilines is 3. The highest BCUT2D eigenvalue weighted by Crippen LogP contribution is 2.36. The van der Waals surface area contributed by atoms with Crippen LogP contribution in [0.15, 0.2) is 97.1 Å². The lowest BCUT2D eigenvalue weighted by Crippen LogP contribution is -2.52. The smallest absolute Gasteiger partial charge is 0.354 e. The Kier molecular flexibility index (Phi) is 14.3. The standard InChI is InChI=1S/C57H60N10O7S/c1-63-53-42(52(62-63)43-19-21-49(68)60-55(43)71)10-5-12-46(53)65-28-30-66(31-29-65)50(69)35-64-25-22-37(23-26-64)33-36-14-17-40(18-15-36)74-32-6-8-39-16-20-48(59-51(39)56(72)73)67-27-24-38-7-4-9-41(44(38)34-67)54(70)61-57-58-45-11-2-3-13-47(45)75-57/h2-5,7,9-18,20,37,43H,6,8,19,21-35H2,1H3,(H,72,73)(H,58,61,70)(H,60,68,71). The Balaban J connectivity index is 0.610. The van der Waals surface area contributed by atoms with Crippen molar-refractivity contribution < 1.29 is 33.8 Å². The molecule has 4 aliphatic rings. The van der Waals surface area contributed by atoms with Gasteiger partial charge in [-0.05, 0) is 129 Å². The van der Waals surface area contributed by atoms with E-state index in [4.69, 9.17) is 9.84 Å². The number of fused-ring (bicyclic) bond motifs is 3. The molecular weight excluding hydrogens is 969 g/mol. The lowest BCUT2D eigenvalue weighted by molar-refractivity contribution is -0.135. The predicted octanol–water partition coefficient (Wildman–Crippen LogP) is 7.23. The molecule has 0 spiro atoms. The molecule has 18 heteroatoms. The van der Waals surface area contributed by atoms with E-state index in [0.29, 0.717) is 118 Å². The number of aromatic nitrogens is 4. The van der Waals surface area contributed by atoms with Gasteiger partial charge in [-0.2, -0.15) is 5.10 Å². The number of aromatic carboxylic acids is 1. The van der Waals surface area contributed by atoms with Crippen molar-refractivity contribution in [3.8, 4) is 5.75 Å². The minimum Gasteiger partial charge on any atom is -0.494 e. The SMILES string of the molecule is Cn1nc(C2CCC(=O)NC2=O)c2cccc(N3CCN(C(=O)CN4CCC(Cc5ccc(OCCCc6ccc(N7CCc8cccc(C(=O)Nc9nc%10ccccc%10s9)c8C7)nc6C(=O)O)cc5)CC4)CC3)c21. The predicted molar refractivity (Wildman–Crippen MR) is 288 cm³/mol. The van der Waals surface area contributed by atoms with Crippen LogP contribution in [0.25, 0.3) is 21.1 Å². The lowest BCUT2D eigenvalue weighted by Gasteiger charge is -2.38. The van der Waals surface area contributed by atoms with Gasteiger partial charge in [0.05, 0.1) is 46.2 Å². The first-order chi connectivity index (χ1) is 36.5. The summed E-state index contributed by atoms with van der Waals surface area (Å²) in [6.07, 6.45) is 5.58. The van der Waals surface area contributed by atoms with Crippen LogP contribution in [0.5, 0.6) is 5.75 Å². The fourth-order valence-electron chi connectivity index (χ4n) is 11.3. The Morgan fingerprint density at radius 2 is 1.63 bits per heavy atom. The fraction of sp³-hybridized carbons (Fsp3) is 0.368. The summed E-state index contributed by atoms with van der Waals surface area (Å²) in [4.78, 5) is 81.9. The Bertz CT molecular complexity index is 3270. The van der Waals surface area contributed by atoms with E-state index in [9.17, 15) is 29.1 Å². The van der Waals surface area contributed by atoms with Crippen LogP contribution in [-0.4, -0.2) is 123 Å². The van der Waals surface area contributed by atoms with Crippen LogP contribution < -0.4 is 25.2 Å². The van der Waals surface area contributed by atoms with E-state index in [-0.39, 0.29) is 29.3 Å². The summed E-state index contributed by atoms with van der Waals surface area (Å²) in [6, 6.07) is 31.6. The van der Waals surface area contributed by atoms with Gasteiger partial charge in [0.2, 0.25) is 17.7 Å². The van der Waals surface area contributed by atoms with Gasteiger partial charge in [-0.1, -0.05) is 65.9 Å². The molecule has 3 aromatic heterocycles. The fourth-order valence-corrected chi connectivity index (χ4v) is 12.1. The van der Waals surface area contributed by atoms with Crippen LogP contribution in [0.3, 0.4) is 0 Å². The number of benzene rings is 4. The second-order valence-corrected chi connectivity index (χ2v) is 21.1. The molecule has 386 valence electrons. The number of carboxylic acids is 1. The third-order valence-corrected chi connectivity index (χ3v) is 16.3. The molecule has 4 aliphatic heterocycles. The van der Waals surface area contributed by atoms with E-state index in [1.54, 1.807) is 0 Å². The summed E-state index contributed by atoms with van der Waals surface area (Å²) in [5.74, 6) is -0.273. The summed E-state index contributed by atoms with van der Waals surface area (Å²) in [7, 11) is 1.89. The van der Waals surface area contributed by atoms with Crippen molar-refractivity contribution in [1.29, 1.82) is 0 Å². The minimum atomic E-state index is -1.08. The summed E-state index contributed by atoms with van der Waals surface area (Å²) in [5, 5.41) is 21.9. The molecule has 1 atom stereocenters. The molecular formula is C57H60N10O7S. The molecule has 0 aliphatic carbocycles. The molecule has 1 unspecified atom stereocenters. The minimum absolute atomic E-state index is 0.0263. The van der Waals surface area contributed by atoms with Crippen LogP contribution in [-0.2, 0) is 47.2 Å². The van der Waals surface area contributed by atoms with Crippen LogP contribution in [0.2, 0.25) is 0 Å². The number of piperazine rings is 1. The summed E-state index contributed by atoms with van der Waals surface area (Å²) in [5.41, 5.74) is 8.00. The molecule has 7 heterocycles. The number of rotatable bonds is 15. The van der Waals surface area contributed by atoms with Crippen molar-refractivity contribution in [3.63, 3.8) is 0 Å². The molecule has 4 amide bonds. The van der Waals surface area contributed by atoms with Crippen molar-refractivity contribution >= 4 is 78.7 Å². The van der Waals surface area contributed by atoms with Gasteiger partial charge in [-0.25, -0.2) is 14.8 Å². The number of nitrogens with one attached hydrogen (secondary N) is 2. The lowest BCUT2D eigenvalue weighted by atomic mass is 9.90. The van der Waals surface area contributed by atoms with Crippen LogP contribution in [0.1, 0.15) is 86.8 Å². The van der Waals surface area contributed by atoms with Crippen molar-refractivity contribution in [1.82, 2.24) is 34.9 Å². The maximum Gasteiger partial charge on any atom is 0.354 e. The van der Waals surface area contributed by atoms with Crippen LogP contribution >= 0.6 is 11.3 Å². The molecule has 3 fully saturated rings. The van der Waals surface area contributed by atoms with Gasteiger partial charge in [0.15, 0.2) is 10.8 Å². The quantitative estimate of drug-likeness (QED) is 0.0689. The van der Waals surface area contributed by atoms with Crippen molar-refractivity contribution in [2.75, 3.05) is 74.1 Å². The third kappa shape index (κ3) is 10.8. The number of thiazole rings is 1. The molecule has 0 saturated carbocycles. The monoisotopic (exact) mass is 1030 g/mol. The van der Waals surface area contributed by atoms with Crippen molar-refractivity contribution in [3.05, 3.63) is 136 Å². The van der Waals surface area contributed by atoms with E-state index in [0.717, 1.165) is 76.0 Å². The Morgan fingerprint density at radius 3 is 2.41 bits per heavy atom. The van der Waals surface area contributed by atoms with Crippen LogP contribution in [0, 0.1) is 5.92 Å². The summed E-state index contributed by atoms with van der Waals surface area (Å²) < 4.78 is 8.94. The Labute approximate surface area is 438 Å². The Hall–Kier alpha value is -7.70. The maximum absolute atomic E-state index is 13.6. The topological polar surface area (TPSA) is 195 Å². The molecule has 3 N–H and O–H groups in total. The molecule has 11 rings (SSSR count). The number of nitrogens with zero attached hydrogens (tertiary/aromatic N) is 8. The van der Waals surface area contributed by atoms with Gasteiger partial charge < -0.3 is 24.5 Å². The second-order valence-electron chi connectivity index (χ2n) is 20.1. The number of imide groups is 1. The number of pyridine rings is 1. The zero-order valence-corrected chi connectivity index (χ0v) is 42.8. The van der Waals surface area contributed by atoms with Gasteiger partial charge in [0.25, 0.3) is 5.91 Å². The van der Waals surface area contributed by atoms with E-state index in [1.165, 1.54) is 16.9 Å². The number of ether oxygens (including phenoxy) is 1. The van der Waals surface area contributed by atoms with E-state index in [2.05, 4.69) is 48.6 Å². The van der Waals surface area contributed by atoms with Crippen LogP contribution in [0.4, 0.5) is 16.6 Å². The first-order valence-electron chi connectivity index (χ1n) is 26.0. The number of likely N-dealkylation sites (tertiary alicyclic amines) is 1. The average Bonchev–Trinajstić information content (AvgIpc) is 4.00. The highest BCUT2D eigenvalue weighted by molar-refractivity contribution is 7.22. The van der Waals surface area contributed by atoms with Crippen molar-refractivity contribution in [2.45, 2.75) is 63.8 Å². The number of aryl methyl sites for hydroxylation is 2. The highest BCUT2D eigenvalue weighted by atomic mass is 32.1. The highest BCUT2D eigenvalue weighted by Gasteiger charge is 2.33. The second kappa shape index (κ2) is 21.6. The van der Waals surface area contributed by atoms with E-state index >= 15 is 0 Å². The molecule has 7 aromatic rings. The first kappa shape index (κ1) is 49.5. The summed E-state index contributed by atoms with van der Waals surface area (Å²) in [6.45, 7) is 6.36. The van der Waals surface area contributed by atoms with Gasteiger partial charge in [-0.15, -0.1) is 0 Å². The van der Waals surface area contributed by atoms with Gasteiger partial charge >= 0.3 is 5.97 Å². The van der Waals surface area contributed by atoms with Gasteiger partial charge in [0.1, 0.15) is 11.6 Å². The first-order valence-corrected chi connectivity index (χ1v) is 26.8. The maximum atomic E-state index is 13.6. The average molecular weight is 1030 g/mol. The molecule has 0 radical (unpaired) electrons. The zero-order valence-electron chi connectivity index (χ0n) is 42.0.